The molecular weight excluding hydrogens is 280 g/mol. The maximum absolute atomic E-state index is 9.12. The number of hydrogen-bond acceptors (Lipinski definition) is 4. The number of aryl methyl sites for hydroxylation is 1. The lowest BCUT2D eigenvalue weighted by Gasteiger charge is -2.35. The zero-order valence-electron chi connectivity index (χ0n) is 11.4. The zero-order valence-corrected chi connectivity index (χ0v) is 12.9. The number of likely N-dealkylation sites (tertiary alicyclic amines) is 1. The van der Waals surface area contributed by atoms with Crippen molar-refractivity contribution in [1.82, 2.24) is 9.88 Å². The highest BCUT2D eigenvalue weighted by Crippen LogP contribution is 2.20. The summed E-state index contributed by atoms with van der Waals surface area (Å²) < 4.78 is 0. The molecule has 1 N–H and O–H groups in total. The van der Waals surface area contributed by atoms with Gasteiger partial charge in [-0.2, -0.15) is 0 Å². The van der Waals surface area contributed by atoms with Crippen molar-refractivity contribution < 1.29 is 5.11 Å². The van der Waals surface area contributed by atoms with Gasteiger partial charge < -0.3 is 10.0 Å². The predicted octanol–water partition coefficient (Wildman–Crippen LogP) is 3.05. The van der Waals surface area contributed by atoms with E-state index in [0.717, 1.165) is 31.5 Å². The van der Waals surface area contributed by atoms with Crippen LogP contribution in [0.2, 0.25) is 0 Å². The minimum Gasteiger partial charge on any atom is -0.396 e. The number of thiazole rings is 1. The highest BCUT2D eigenvalue weighted by Gasteiger charge is 2.21. The van der Waals surface area contributed by atoms with Crippen LogP contribution < -0.4 is 0 Å². The number of aliphatic hydroxyl groups excluding tert-OH is 1. The minimum atomic E-state index is 0.312. The Labute approximate surface area is 124 Å². The van der Waals surface area contributed by atoms with Crippen molar-refractivity contribution in [3.63, 3.8) is 0 Å². The summed E-state index contributed by atoms with van der Waals surface area (Å²) in [6.45, 7) is 2.63. The van der Waals surface area contributed by atoms with Crippen LogP contribution in [0.1, 0.15) is 42.8 Å². The number of halogens is 1. The molecule has 1 atom stereocenters. The molecule has 1 aromatic heterocycles. The normalized spacial score (nSPS) is 20.8. The molecule has 1 aromatic rings. The van der Waals surface area contributed by atoms with Crippen LogP contribution in [0.25, 0.3) is 0 Å². The van der Waals surface area contributed by atoms with Crippen LogP contribution in [0.4, 0.5) is 0 Å². The fourth-order valence-corrected chi connectivity index (χ4v) is 3.86. The van der Waals surface area contributed by atoms with E-state index in [1.54, 1.807) is 11.3 Å². The first-order valence-electron chi connectivity index (χ1n) is 7.17. The van der Waals surface area contributed by atoms with E-state index in [1.165, 1.54) is 30.8 Å². The fourth-order valence-electron chi connectivity index (χ4n) is 2.79. The van der Waals surface area contributed by atoms with E-state index in [-0.39, 0.29) is 0 Å². The van der Waals surface area contributed by atoms with Gasteiger partial charge in [0.2, 0.25) is 0 Å². The Morgan fingerprint density at radius 2 is 2.37 bits per heavy atom. The zero-order chi connectivity index (χ0) is 13.5. The first-order chi connectivity index (χ1) is 9.33. The van der Waals surface area contributed by atoms with Crippen molar-refractivity contribution >= 4 is 22.9 Å². The second-order valence-electron chi connectivity index (χ2n) is 5.17. The van der Waals surface area contributed by atoms with Crippen LogP contribution in [0, 0.1) is 0 Å². The Morgan fingerprint density at radius 1 is 1.47 bits per heavy atom. The van der Waals surface area contributed by atoms with Crippen LogP contribution in [-0.4, -0.2) is 40.7 Å². The monoisotopic (exact) mass is 302 g/mol. The average Bonchev–Trinajstić information content (AvgIpc) is 2.89. The summed E-state index contributed by atoms with van der Waals surface area (Å²) in [6.07, 6.45) is 6.98. The smallest absolute Gasteiger partial charge is 0.0929 e. The largest absolute Gasteiger partial charge is 0.396 e. The maximum Gasteiger partial charge on any atom is 0.0929 e. The van der Waals surface area contributed by atoms with Gasteiger partial charge in [-0.3, -0.25) is 0 Å². The first kappa shape index (κ1) is 15.2. The topological polar surface area (TPSA) is 36.4 Å². The second kappa shape index (κ2) is 8.20. The summed E-state index contributed by atoms with van der Waals surface area (Å²) in [6, 6.07) is 0.591. The van der Waals surface area contributed by atoms with Gasteiger partial charge in [-0.25, -0.2) is 4.98 Å². The third-order valence-electron chi connectivity index (χ3n) is 3.78. The van der Waals surface area contributed by atoms with Gasteiger partial charge in [-0.05, 0) is 38.8 Å². The third-order valence-corrected chi connectivity index (χ3v) is 5.01. The fraction of sp³-hybridized carbons (Fsp3) is 0.786. The molecule has 0 saturated carbocycles. The van der Waals surface area contributed by atoms with Gasteiger partial charge >= 0.3 is 0 Å². The molecule has 0 radical (unpaired) electrons. The molecule has 1 unspecified atom stereocenters. The standard InChI is InChI=1S/C14H23ClN2OS/c15-10-12-11-19-14(16-12)5-3-8-17-7-2-1-4-13(17)6-9-18/h11,13,18H,1-10H2. The number of hydrogen-bond donors (Lipinski definition) is 1. The molecule has 2 rings (SSSR count). The number of rotatable bonds is 7. The Balaban J connectivity index is 1.74. The lowest BCUT2D eigenvalue weighted by molar-refractivity contribution is 0.118. The summed E-state index contributed by atoms with van der Waals surface area (Å²) in [5.74, 6) is 0.515. The van der Waals surface area contributed by atoms with Crippen molar-refractivity contribution in [1.29, 1.82) is 0 Å². The van der Waals surface area contributed by atoms with E-state index < -0.39 is 0 Å². The lowest BCUT2D eigenvalue weighted by atomic mass is 9.99. The molecule has 2 heterocycles. The first-order valence-corrected chi connectivity index (χ1v) is 8.59. The highest BCUT2D eigenvalue weighted by atomic mass is 35.5. The SMILES string of the molecule is OCCC1CCCCN1CCCc1nc(CCl)cs1. The Kier molecular flexibility index (Phi) is 6.57. The van der Waals surface area contributed by atoms with Gasteiger partial charge in [0.25, 0.3) is 0 Å². The van der Waals surface area contributed by atoms with Crippen LogP contribution in [-0.2, 0) is 12.3 Å². The molecule has 0 spiro atoms. The molecule has 3 nitrogen and oxygen atoms in total. The van der Waals surface area contributed by atoms with E-state index in [4.69, 9.17) is 16.7 Å². The summed E-state index contributed by atoms with van der Waals surface area (Å²) in [5, 5.41) is 12.4. The molecule has 0 aromatic carbocycles. The van der Waals surface area contributed by atoms with E-state index in [0.29, 0.717) is 18.5 Å². The van der Waals surface area contributed by atoms with Crippen molar-refractivity contribution in [3.05, 3.63) is 16.1 Å². The Bertz CT molecular complexity index is 370. The summed E-state index contributed by atoms with van der Waals surface area (Å²) >= 11 is 7.48. The van der Waals surface area contributed by atoms with E-state index in [1.807, 2.05) is 0 Å². The molecule has 5 heteroatoms. The van der Waals surface area contributed by atoms with E-state index >= 15 is 0 Å². The number of nitrogens with zero attached hydrogens (tertiary/aromatic N) is 2. The van der Waals surface area contributed by atoms with Crippen LogP contribution in [0.3, 0.4) is 0 Å². The molecular formula is C14H23ClN2OS. The van der Waals surface area contributed by atoms with Gasteiger partial charge in [0.05, 0.1) is 16.6 Å². The maximum atomic E-state index is 9.12. The van der Waals surface area contributed by atoms with Gasteiger partial charge in [0, 0.05) is 24.4 Å². The van der Waals surface area contributed by atoms with Crippen LogP contribution >= 0.6 is 22.9 Å². The van der Waals surface area contributed by atoms with Gasteiger partial charge in [-0.15, -0.1) is 22.9 Å². The Hall–Kier alpha value is -0.160. The molecule has 1 aliphatic heterocycles. The summed E-state index contributed by atoms with van der Waals surface area (Å²) in [4.78, 5) is 7.05. The molecule has 19 heavy (non-hydrogen) atoms. The number of piperidine rings is 1. The van der Waals surface area contributed by atoms with Gasteiger partial charge in [-0.1, -0.05) is 6.42 Å². The summed E-state index contributed by atoms with van der Waals surface area (Å²) in [5.41, 5.74) is 0.998. The van der Waals surface area contributed by atoms with E-state index in [9.17, 15) is 0 Å². The predicted molar refractivity (Wildman–Crippen MR) is 80.9 cm³/mol. The lowest BCUT2D eigenvalue weighted by Crippen LogP contribution is -2.40. The molecule has 1 fully saturated rings. The quantitative estimate of drug-likeness (QED) is 0.787. The summed E-state index contributed by atoms with van der Waals surface area (Å²) in [7, 11) is 0. The number of aliphatic hydroxyl groups is 1. The van der Waals surface area contributed by atoms with Gasteiger partial charge in [0.15, 0.2) is 0 Å². The van der Waals surface area contributed by atoms with Crippen LogP contribution in [0.5, 0.6) is 0 Å². The highest BCUT2D eigenvalue weighted by molar-refractivity contribution is 7.09. The van der Waals surface area contributed by atoms with Gasteiger partial charge in [0.1, 0.15) is 0 Å². The van der Waals surface area contributed by atoms with Crippen molar-refractivity contribution in [2.45, 2.75) is 50.4 Å². The second-order valence-corrected chi connectivity index (χ2v) is 6.38. The molecule has 108 valence electrons. The average molecular weight is 303 g/mol. The molecule has 0 amide bonds. The molecule has 1 aliphatic rings. The van der Waals surface area contributed by atoms with Crippen molar-refractivity contribution in [2.75, 3.05) is 19.7 Å². The Morgan fingerprint density at radius 3 is 3.11 bits per heavy atom. The van der Waals surface area contributed by atoms with Crippen LogP contribution in [0.15, 0.2) is 5.38 Å². The minimum absolute atomic E-state index is 0.312. The molecule has 0 bridgehead atoms. The van der Waals surface area contributed by atoms with E-state index in [2.05, 4.69) is 15.3 Å². The molecule has 0 aliphatic carbocycles. The number of aromatic nitrogens is 1. The third kappa shape index (κ3) is 4.71. The van der Waals surface area contributed by atoms with Crippen molar-refractivity contribution in [3.8, 4) is 0 Å². The molecule has 1 saturated heterocycles. The van der Waals surface area contributed by atoms with Crippen molar-refractivity contribution in [2.24, 2.45) is 0 Å². The number of alkyl halides is 1.